The topological polar surface area (TPSA) is 74.8 Å². The normalized spacial score (nSPS) is 22.0. The highest BCUT2D eigenvalue weighted by atomic mass is 32.2. The van der Waals surface area contributed by atoms with Crippen LogP contribution in [0.2, 0.25) is 0 Å². The van der Waals surface area contributed by atoms with Crippen LogP contribution in [0.1, 0.15) is 24.0 Å². The summed E-state index contributed by atoms with van der Waals surface area (Å²) in [6.45, 7) is 1.15. The van der Waals surface area contributed by atoms with Gasteiger partial charge in [0.1, 0.15) is 6.42 Å². The minimum Gasteiger partial charge on any atom is -0.341 e. The first-order valence-corrected chi connectivity index (χ1v) is 9.98. The van der Waals surface area contributed by atoms with Crippen LogP contribution in [0.25, 0.3) is 0 Å². The van der Waals surface area contributed by atoms with E-state index in [9.17, 15) is 18.0 Å². The van der Waals surface area contributed by atoms with Gasteiger partial charge < -0.3 is 9.80 Å². The zero-order chi connectivity index (χ0) is 17.3. The molecule has 7 heteroatoms. The monoisotopic (exact) mass is 350 g/mol. The summed E-state index contributed by atoms with van der Waals surface area (Å²) in [7, 11) is -1.46. The molecule has 1 atom stereocenters. The van der Waals surface area contributed by atoms with Gasteiger partial charge in [-0.2, -0.15) is 0 Å². The van der Waals surface area contributed by atoms with E-state index in [4.69, 9.17) is 0 Å². The van der Waals surface area contributed by atoms with Crippen molar-refractivity contribution in [3.05, 3.63) is 35.4 Å². The Morgan fingerprint density at radius 2 is 1.96 bits per heavy atom. The van der Waals surface area contributed by atoms with Gasteiger partial charge in [-0.1, -0.05) is 24.3 Å². The van der Waals surface area contributed by atoms with Crippen molar-refractivity contribution in [3.63, 3.8) is 0 Å². The summed E-state index contributed by atoms with van der Waals surface area (Å²) in [5.41, 5.74) is 2.38. The molecule has 3 rings (SSSR count). The number of benzene rings is 1. The minimum atomic E-state index is -3.05. The molecule has 2 amide bonds. The van der Waals surface area contributed by atoms with E-state index in [1.165, 1.54) is 10.5 Å². The van der Waals surface area contributed by atoms with Crippen molar-refractivity contribution in [3.8, 4) is 0 Å². The summed E-state index contributed by atoms with van der Waals surface area (Å²) in [6.07, 6.45) is 1.05. The number of nitrogens with zero attached hydrogens (tertiary/aromatic N) is 2. The van der Waals surface area contributed by atoms with Crippen LogP contribution >= 0.6 is 0 Å². The van der Waals surface area contributed by atoms with Gasteiger partial charge in [-0.05, 0) is 24.0 Å². The lowest BCUT2D eigenvalue weighted by Gasteiger charge is -2.30. The summed E-state index contributed by atoms with van der Waals surface area (Å²) < 4.78 is 23.1. The molecule has 1 aromatic rings. The van der Waals surface area contributed by atoms with E-state index >= 15 is 0 Å². The van der Waals surface area contributed by atoms with E-state index in [1.54, 1.807) is 11.9 Å². The van der Waals surface area contributed by atoms with Crippen molar-refractivity contribution in [2.24, 2.45) is 0 Å². The van der Waals surface area contributed by atoms with Crippen molar-refractivity contribution in [2.75, 3.05) is 25.1 Å². The molecule has 1 fully saturated rings. The van der Waals surface area contributed by atoms with E-state index < -0.39 is 9.84 Å². The Hall–Kier alpha value is -1.89. The van der Waals surface area contributed by atoms with E-state index in [0.29, 0.717) is 19.5 Å². The van der Waals surface area contributed by atoms with E-state index in [-0.39, 0.29) is 35.8 Å². The second-order valence-electron chi connectivity index (χ2n) is 6.57. The van der Waals surface area contributed by atoms with Gasteiger partial charge >= 0.3 is 0 Å². The van der Waals surface area contributed by atoms with E-state index in [1.807, 2.05) is 18.2 Å². The summed E-state index contributed by atoms with van der Waals surface area (Å²) in [5.74, 6) is -0.379. The van der Waals surface area contributed by atoms with E-state index in [0.717, 1.165) is 12.0 Å². The summed E-state index contributed by atoms with van der Waals surface area (Å²) in [5, 5.41) is 0. The molecule has 0 N–H and O–H groups in total. The Morgan fingerprint density at radius 3 is 2.62 bits per heavy atom. The van der Waals surface area contributed by atoms with Crippen LogP contribution in [0.5, 0.6) is 0 Å². The van der Waals surface area contributed by atoms with Crippen molar-refractivity contribution in [2.45, 2.75) is 31.8 Å². The molecule has 2 aliphatic rings. The lowest BCUT2D eigenvalue weighted by molar-refractivity contribution is -0.141. The van der Waals surface area contributed by atoms with Crippen molar-refractivity contribution < 1.29 is 18.0 Å². The van der Waals surface area contributed by atoms with Gasteiger partial charge in [-0.3, -0.25) is 9.59 Å². The Bertz CT molecular complexity index is 760. The summed E-state index contributed by atoms with van der Waals surface area (Å²) in [6, 6.07) is 7.71. The van der Waals surface area contributed by atoms with Crippen molar-refractivity contribution in [1.29, 1.82) is 0 Å². The molecule has 130 valence electrons. The molecule has 0 aliphatic carbocycles. The van der Waals surface area contributed by atoms with Crippen LogP contribution in [0, 0.1) is 0 Å². The summed E-state index contributed by atoms with van der Waals surface area (Å²) in [4.78, 5) is 27.9. The van der Waals surface area contributed by atoms with Crippen molar-refractivity contribution in [1.82, 2.24) is 9.80 Å². The molecular weight excluding hydrogens is 328 g/mol. The molecule has 6 nitrogen and oxygen atoms in total. The molecule has 1 saturated heterocycles. The highest BCUT2D eigenvalue weighted by molar-refractivity contribution is 7.91. The zero-order valence-corrected chi connectivity index (χ0v) is 14.6. The quantitative estimate of drug-likeness (QED) is 0.749. The van der Waals surface area contributed by atoms with Gasteiger partial charge in [0.25, 0.3) is 0 Å². The second kappa shape index (κ2) is 6.55. The standard InChI is InChI=1S/C17H22N2O4S/c1-18(15-7-9-24(22,23)12-15)16(20)10-17(21)19-8-6-13-4-2-3-5-14(13)11-19/h2-5,15H,6-12H2,1H3. The Morgan fingerprint density at radius 1 is 1.25 bits per heavy atom. The summed E-state index contributed by atoms with van der Waals surface area (Å²) >= 11 is 0. The number of carbonyl (C=O) groups excluding carboxylic acids is 2. The molecule has 1 unspecified atom stereocenters. The fraction of sp³-hybridized carbons (Fsp3) is 0.529. The lowest BCUT2D eigenvalue weighted by atomic mass is 10.00. The Kier molecular flexibility index (Phi) is 4.62. The molecule has 0 aromatic heterocycles. The third-order valence-corrected chi connectivity index (χ3v) is 6.69. The third kappa shape index (κ3) is 3.61. The van der Waals surface area contributed by atoms with Gasteiger partial charge in [-0.25, -0.2) is 8.42 Å². The first-order chi connectivity index (χ1) is 11.4. The molecule has 0 bridgehead atoms. The molecule has 24 heavy (non-hydrogen) atoms. The van der Waals surface area contributed by atoms with Crippen LogP contribution < -0.4 is 0 Å². The lowest BCUT2D eigenvalue weighted by Crippen LogP contribution is -2.42. The zero-order valence-electron chi connectivity index (χ0n) is 13.8. The number of amides is 2. The third-order valence-electron chi connectivity index (χ3n) is 4.94. The van der Waals surface area contributed by atoms with Crippen LogP contribution in [0.4, 0.5) is 0 Å². The van der Waals surface area contributed by atoms with Gasteiger partial charge in [0.05, 0.1) is 11.5 Å². The predicted octanol–water partition coefficient (Wildman–Crippen LogP) is 0.607. The van der Waals surface area contributed by atoms with Crippen LogP contribution in [-0.2, 0) is 32.4 Å². The van der Waals surface area contributed by atoms with Gasteiger partial charge in [0, 0.05) is 26.2 Å². The highest BCUT2D eigenvalue weighted by Gasteiger charge is 2.33. The maximum atomic E-state index is 12.4. The van der Waals surface area contributed by atoms with Gasteiger partial charge in [-0.15, -0.1) is 0 Å². The number of hydrogen-bond donors (Lipinski definition) is 0. The number of fused-ring (bicyclic) bond motifs is 1. The molecule has 0 spiro atoms. The predicted molar refractivity (Wildman–Crippen MR) is 90.0 cm³/mol. The maximum absolute atomic E-state index is 12.4. The largest absolute Gasteiger partial charge is 0.341 e. The van der Waals surface area contributed by atoms with Crippen LogP contribution in [-0.4, -0.2) is 61.2 Å². The highest BCUT2D eigenvalue weighted by Crippen LogP contribution is 2.20. The second-order valence-corrected chi connectivity index (χ2v) is 8.80. The Balaban J connectivity index is 1.58. The minimum absolute atomic E-state index is 0.000516. The molecule has 0 radical (unpaired) electrons. The average Bonchev–Trinajstić information content (AvgIpc) is 2.93. The molecule has 2 heterocycles. The van der Waals surface area contributed by atoms with E-state index in [2.05, 4.69) is 6.07 Å². The number of hydrogen-bond acceptors (Lipinski definition) is 4. The van der Waals surface area contributed by atoms with Gasteiger partial charge in [0.2, 0.25) is 11.8 Å². The van der Waals surface area contributed by atoms with Gasteiger partial charge in [0.15, 0.2) is 9.84 Å². The Labute approximate surface area is 142 Å². The molecule has 2 aliphatic heterocycles. The maximum Gasteiger partial charge on any atom is 0.232 e. The fourth-order valence-corrected chi connectivity index (χ4v) is 5.13. The van der Waals surface area contributed by atoms with Crippen LogP contribution in [0.15, 0.2) is 24.3 Å². The van der Waals surface area contributed by atoms with Crippen LogP contribution in [0.3, 0.4) is 0 Å². The molecule has 0 saturated carbocycles. The smallest absolute Gasteiger partial charge is 0.232 e. The van der Waals surface area contributed by atoms with Crippen molar-refractivity contribution >= 4 is 21.7 Å². The number of carbonyl (C=O) groups is 2. The SMILES string of the molecule is CN(C(=O)CC(=O)N1CCc2ccccc2C1)C1CCS(=O)(=O)C1. The molecule has 1 aromatic carbocycles. The number of rotatable bonds is 3. The number of sulfone groups is 1. The first-order valence-electron chi connectivity index (χ1n) is 8.16. The average molecular weight is 350 g/mol. The first kappa shape index (κ1) is 17.0. The fourth-order valence-electron chi connectivity index (χ4n) is 3.36. The molecular formula is C17H22N2O4S.